The lowest BCUT2D eigenvalue weighted by Crippen LogP contribution is -2.54. The third kappa shape index (κ3) is 3.12. The molecular weight excluding hydrogens is 295 g/mol. The number of carbonyl (C=O) groups excluding carboxylic acids is 1. The third-order valence-electron chi connectivity index (χ3n) is 3.23. The van der Waals surface area contributed by atoms with Crippen LogP contribution in [-0.2, 0) is 16.9 Å². The van der Waals surface area contributed by atoms with Crippen molar-refractivity contribution in [3.63, 3.8) is 0 Å². The monoisotopic (exact) mass is 309 g/mol. The Labute approximate surface area is 125 Å². The Hall–Kier alpha value is -2.34. The van der Waals surface area contributed by atoms with Crippen molar-refractivity contribution in [3.05, 3.63) is 71.8 Å². The van der Waals surface area contributed by atoms with Gasteiger partial charge in [0, 0.05) is 12.1 Å². The zero-order chi connectivity index (χ0) is 16.2. The molecule has 1 amide bonds. The molecular formula is C16H14F3NO2. The quantitative estimate of drug-likeness (QED) is 0.912. The zero-order valence-corrected chi connectivity index (χ0v) is 11.5. The molecule has 0 spiro atoms. The van der Waals surface area contributed by atoms with E-state index in [4.69, 9.17) is 0 Å². The van der Waals surface area contributed by atoms with Crippen LogP contribution in [0.25, 0.3) is 0 Å². The molecule has 2 N–H and O–H groups in total. The molecule has 1 atom stereocenters. The summed E-state index contributed by atoms with van der Waals surface area (Å²) in [6.07, 6.45) is -5.13. The Kier molecular flexibility index (Phi) is 4.51. The van der Waals surface area contributed by atoms with Crippen LogP contribution in [0.2, 0.25) is 0 Å². The van der Waals surface area contributed by atoms with Crippen molar-refractivity contribution in [3.8, 4) is 0 Å². The number of carbonyl (C=O) groups is 1. The van der Waals surface area contributed by atoms with E-state index in [1.165, 1.54) is 18.2 Å². The molecule has 0 radical (unpaired) electrons. The molecule has 0 aliphatic heterocycles. The predicted molar refractivity (Wildman–Crippen MR) is 74.7 cm³/mol. The highest BCUT2D eigenvalue weighted by Gasteiger charge is 2.60. The van der Waals surface area contributed by atoms with Gasteiger partial charge in [-0.05, 0) is 5.56 Å². The van der Waals surface area contributed by atoms with Gasteiger partial charge in [-0.15, -0.1) is 0 Å². The number of halogens is 3. The number of hydrogen-bond donors (Lipinski definition) is 2. The number of alkyl halides is 3. The first kappa shape index (κ1) is 16.0. The van der Waals surface area contributed by atoms with Gasteiger partial charge in [0.25, 0.3) is 11.5 Å². The molecule has 0 aromatic heterocycles. The summed E-state index contributed by atoms with van der Waals surface area (Å²) in [7, 11) is 0. The van der Waals surface area contributed by atoms with Gasteiger partial charge in [-0.2, -0.15) is 13.2 Å². The van der Waals surface area contributed by atoms with Crippen LogP contribution in [0.3, 0.4) is 0 Å². The number of nitrogens with one attached hydrogen (secondary N) is 1. The van der Waals surface area contributed by atoms with Crippen LogP contribution >= 0.6 is 0 Å². The Morgan fingerprint density at radius 1 is 0.955 bits per heavy atom. The highest BCUT2D eigenvalue weighted by atomic mass is 19.4. The first-order valence-electron chi connectivity index (χ1n) is 6.52. The highest BCUT2D eigenvalue weighted by Crippen LogP contribution is 2.39. The standard InChI is InChI=1S/C16H14F3NO2/c17-16(18,19)15(22,13-9-5-2-6-10-13)14(21)20-11-12-7-3-1-4-8-12/h1-10,22H,11H2,(H,20,21). The van der Waals surface area contributed by atoms with Crippen molar-refractivity contribution in [2.24, 2.45) is 0 Å². The van der Waals surface area contributed by atoms with Gasteiger partial charge in [0.05, 0.1) is 0 Å². The van der Waals surface area contributed by atoms with E-state index >= 15 is 0 Å². The minimum Gasteiger partial charge on any atom is -0.369 e. The van der Waals surface area contributed by atoms with E-state index in [-0.39, 0.29) is 6.54 Å². The van der Waals surface area contributed by atoms with Gasteiger partial charge >= 0.3 is 6.18 Å². The molecule has 2 aromatic carbocycles. The number of hydrogen-bond acceptors (Lipinski definition) is 2. The van der Waals surface area contributed by atoms with Crippen LogP contribution < -0.4 is 5.32 Å². The van der Waals surface area contributed by atoms with Crippen molar-refractivity contribution in [2.75, 3.05) is 0 Å². The van der Waals surface area contributed by atoms with Crippen LogP contribution in [0.5, 0.6) is 0 Å². The van der Waals surface area contributed by atoms with Crippen LogP contribution in [0.1, 0.15) is 11.1 Å². The fourth-order valence-corrected chi connectivity index (χ4v) is 2.01. The third-order valence-corrected chi connectivity index (χ3v) is 3.23. The Balaban J connectivity index is 2.25. The topological polar surface area (TPSA) is 49.3 Å². The smallest absolute Gasteiger partial charge is 0.369 e. The fourth-order valence-electron chi connectivity index (χ4n) is 2.01. The zero-order valence-electron chi connectivity index (χ0n) is 11.5. The SMILES string of the molecule is O=C(NCc1ccccc1)C(O)(c1ccccc1)C(F)(F)F. The van der Waals surface area contributed by atoms with Gasteiger partial charge in [0.2, 0.25) is 0 Å². The number of rotatable bonds is 4. The van der Waals surface area contributed by atoms with Crippen molar-refractivity contribution in [1.29, 1.82) is 0 Å². The average Bonchev–Trinajstić information content (AvgIpc) is 2.52. The minimum absolute atomic E-state index is 0.106. The molecule has 0 bridgehead atoms. The Morgan fingerprint density at radius 2 is 1.45 bits per heavy atom. The molecule has 1 unspecified atom stereocenters. The minimum atomic E-state index is -5.13. The van der Waals surface area contributed by atoms with Crippen molar-refractivity contribution in [2.45, 2.75) is 18.3 Å². The van der Waals surface area contributed by atoms with E-state index in [0.29, 0.717) is 5.56 Å². The summed E-state index contributed by atoms with van der Waals surface area (Å²) in [5.74, 6) is -1.50. The molecule has 2 aromatic rings. The molecule has 0 saturated carbocycles. The maximum Gasteiger partial charge on any atom is 0.430 e. The van der Waals surface area contributed by atoms with Crippen LogP contribution in [0, 0.1) is 0 Å². The highest BCUT2D eigenvalue weighted by molar-refractivity contribution is 5.87. The van der Waals surface area contributed by atoms with Gasteiger partial charge < -0.3 is 10.4 Å². The largest absolute Gasteiger partial charge is 0.430 e. The van der Waals surface area contributed by atoms with E-state index in [1.54, 1.807) is 30.3 Å². The maximum atomic E-state index is 13.3. The second-order valence-electron chi connectivity index (χ2n) is 4.74. The second kappa shape index (κ2) is 6.19. The number of amides is 1. The Bertz CT molecular complexity index is 629. The molecule has 116 valence electrons. The summed E-state index contributed by atoms with van der Waals surface area (Å²) in [6.45, 7) is -0.106. The van der Waals surface area contributed by atoms with Gasteiger partial charge in [-0.1, -0.05) is 60.7 Å². The van der Waals surface area contributed by atoms with E-state index in [9.17, 15) is 23.1 Å². The van der Waals surface area contributed by atoms with Crippen molar-refractivity contribution in [1.82, 2.24) is 5.32 Å². The number of aliphatic hydroxyl groups is 1. The summed E-state index contributed by atoms with van der Waals surface area (Å²) in [5, 5.41) is 12.2. The normalized spacial score (nSPS) is 14.2. The first-order valence-corrected chi connectivity index (χ1v) is 6.52. The molecule has 0 aliphatic rings. The molecule has 6 heteroatoms. The fraction of sp³-hybridized carbons (Fsp3) is 0.188. The number of benzene rings is 2. The second-order valence-corrected chi connectivity index (χ2v) is 4.74. The lowest BCUT2D eigenvalue weighted by molar-refractivity contribution is -0.257. The van der Waals surface area contributed by atoms with E-state index in [1.807, 2.05) is 0 Å². The summed E-state index contributed by atoms with van der Waals surface area (Å²) < 4.78 is 39.8. The first-order chi connectivity index (χ1) is 10.4. The van der Waals surface area contributed by atoms with Crippen molar-refractivity contribution < 1.29 is 23.1 Å². The van der Waals surface area contributed by atoms with Gasteiger partial charge in [-0.25, -0.2) is 0 Å². The van der Waals surface area contributed by atoms with E-state index in [0.717, 1.165) is 12.1 Å². The summed E-state index contributed by atoms with van der Waals surface area (Å²) in [5.41, 5.74) is -3.47. The predicted octanol–water partition coefficient (Wildman–Crippen LogP) is 2.75. The summed E-state index contributed by atoms with van der Waals surface area (Å²) >= 11 is 0. The van der Waals surface area contributed by atoms with Crippen LogP contribution in [-0.4, -0.2) is 17.2 Å². The van der Waals surface area contributed by atoms with Crippen LogP contribution in [0.4, 0.5) is 13.2 Å². The summed E-state index contributed by atoms with van der Waals surface area (Å²) in [6, 6.07) is 14.8. The lowest BCUT2D eigenvalue weighted by atomic mass is 9.92. The van der Waals surface area contributed by atoms with Gasteiger partial charge in [-0.3, -0.25) is 4.79 Å². The van der Waals surface area contributed by atoms with Gasteiger partial charge in [0.1, 0.15) is 0 Å². The molecule has 3 nitrogen and oxygen atoms in total. The maximum absolute atomic E-state index is 13.3. The lowest BCUT2D eigenvalue weighted by Gasteiger charge is -2.29. The van der Waals surface area contributed by atoms with Gasteiger partial charge in [0.15, 0.2) is 0 Å². The Morgan fingerprint density at radius 3 is 1.95 bits per heavy atom. The molecule has 0 fully saturated rings. The molecule has 0 heterocycles. The van der Waals surface area contributed by atoms with Crippen LogP contribution in [0.15, 0.2) is 60.7 Å². The molecule has 0 saturated heterocycles. The van der Waals surface area contributed by atoms with E-state index in [2.05, 4.69) is 5.32 Å². The molecule has 0 aliphatic carbocycles. The summed E-state index contributed by atoms with van der Waals surface area (Å²) in [4.78, 5) is 12.0. The molecule has 2 rings (SSSR count). The van der Waals surface area contributed by atoms with E-state index < -0.39 is 23.2 Å². The average molecular weight is 309 g/mol. The molecule has 22 heavy (non-hydrogen) atoms. The van der Waals surface area contributed by atoms with Crippen molar-refractivity contribution >= 4 is 5.91 Å².